The smallest absolute Gasteiger partial charge is 0.323 e. The van der Waals surface area contributed by atoms with E-state index in [1.807, 2.05) is 36.4 Å². The first-order valence-corrected chi connectivity index (χ1v) is 9.87. The van der Waals surface area contributed by atoms with Crippen LogP contribution in [0.5, 0.6) is 0 Å². The van der Waals surface area contributed by atoms with E-state index in [4.69, 9.17) is 4.74 Å². The van der Waals surface area contributed by atoms with Gasteiger partial charge in [0.1, 0.15) is 6.10 Å². The predicted molar refractivity (Wildman–Crippen MR) is 110 cm³/mol. The van der Waals surface area contributed by atoms with Crippen molar-refractivity contribution in [1.29, 1.82) is 0 Å². The lowest BCUT2D eigenvalue weighted by Gasteiger charge is -2.25. The minimum absolute atomic E-state index is 0.0568. The van der Waals surface area contributed by atoms with Crippen molar-refractivity contribution in [3.63, 3.8) is 0 Å². The molecule has 4 rings (SSSR count). The molecule has 1 saturated heterocycles. The first kappa shape index (κ1) is 19.4. The monoisotopic (exact) mass is 394 g/mol. The molecule has 1 fully saturated rings. The highest BCUT2D eigenvalue weighted by Crippen LogP contribution is 2.47. The van der Waals surface area contributed by atoms with Gasteiger partial charge in [0.15, 0.2) is 0 Å². The molecule has 0 radical (unpaired) electrons. The van der Waals surface area contributed by atoms with E-state index >= 15 is 0 Å². The Kier molecular flexibility index (Phi) is 5.24. The van der Waals surface area contributed by atoms with Crippen LogP contribution in [0.1, 0.15) is 17.5 Å². The lowest BCUT2D eigenvalue weighted by atomic mass is 9.80. The molecule has 1 aromatic heterocycles. The zero-order valence-electron chi connectivity index (χ0n) is 16.8. The number of urea groups is 1. The highest BCUT2D eigenvalue weighted by molar-refractivity contribution is 5.95. The van der Waals surface area contributed by atoms with Crippen molar-refractivity contribution in [2.24, 2.45) is 0 Å². The summed E-state index contributed by atoms with van der Waals surface area (Å²) >= 11 is 0. The molecule has 2 aromatic rings. The first-order chi connectivity index (χ1) is 14.0. The summed E-state index contributed by atoms with van der Waals surface area (Å²) in [6.07, 6.45) is 4.33. The molecule has 0 aliphatic carbocycles. The molecule has 152 valence electrons. The van der Waals surface area contributed by atoms with Crippen molar-refractivity contribution < 1.29 is 14.3 Å². The van der Waals surface area contributed by atoms with E-state index in [2.05, 4.69) is 10.3 Å². The topological polar surface area (TPSA) is 74.8 Å². The molecule has 1 aromatic carbocycles. The summed E-state index contributed by atoms with van der Waals surface area (Å²) in [4.78, 5) is 32.8. The van der Waals surface area contributed by atoms with Crippen LogP contribution in [0.4, 0.5) is 10.5 Å². The first-order valence-electron chi connectivity index (χ1n) is 9.87. The van der Waals surface area contributed by atoms with Crippen LogP contribution in [0.25, 0.3) is 0 Å². The fraction of sp³-hybridized carbons (Fsp3) is 0.409. The van der Waals surface area contributed by atoms with Crippen LogP contribution in [0, 0.1) is 0 Å². The van der Waals surface area contributed by atoms with Gasteiger partial charge in [0, 0.05) is 50.7 Å². The zero-order valence-corrected chi connectivity index (χ0v) is 16.8. The Morgan fingerprint density at radius 3 is 2.86 bits per heavy atom. The van der Waals surface area contributed by atoms with E-state index in [1.165, 1.54) is 0 Å². The predicted octanol–water partition coefficient (Wildman–Crippen LogP) is 1.97. The van der Waals surface area contributed by atoms with Gasteiger partial charge in [-0.3, -0.25) is 14.7 Å². The number of rotatable bonds is 4. The number of carbonyl (C=O) groups excluding carboxylic acids is 2. The van der Waals surface area contributed by atoms with Crippen LogP contribution >= 0.6 is 0 Å². The van der Waals surface area contributed by atoms with E-state index < -0.39 is 6.10 Å². The van der Waals surface area contributed by atoms with Crippen LogP contribution in [0.3, 0.4) is 0 Å². The number of hydrogen-bond acceptors (Lipinski definition) is 4. The molecule has 1 spiro atoms. The number of fused-ring (bicyclic) bond motifs is 2. The summed E-state index contributed by atoms with van der Waals surface area (Å²) in [5.41, 5.74) is 2.74. The largest absolute Gasteiger partial charge is 0.367 e. The summed E-state index contributed by atoms with van der Waals surface area (Å²) in [7, 11) is 3.50. The minimum Gasteiger partial charge on any atom is -0.367 e. The van der Waals surface area contributed by atoms with Gasteiger partial charge in [0.25, 0.3) is 0 Å². The molecule has 29 heavy (non-hydrogen) atoms. The van der Waals surface area contributed by atoms with Crippen molar-refractivity contribution in [2.75, 3.05) is 38.7 Å². The number of carbonyl (C=O) groups is 2. The molecular formula is C22H26N4O3. The number of amides is 3. The molecule has 7 heteroatoms. The third kappa shape index (κ3) is 3.70. The van der Waals surface area contributed by atoms with E-state index in [0.29, 0.717) is 26.1 Å². The molecule has 0 saturated carbocycles. The zero-order chi connectivity index (χ0) is 20.4. The molecule has 1 N–H and O–H groups in total. The normalized spacial score (nSPS) is 22.6. The number of hydrogen-bond donors (Lipinski definition) is 1. The maximum atomic E-state index is 12.7. The van der Waals surface area contributed by atoms with Crippen LogP contribution in [-0.2, 0) is 21.4 Å². The van der Waals surface area contributed by atoms with E-state index in [9.17, 15) is 9.59 Å². The molecule has 0 bridgehead atoms. The average Bonchev–Trinajstić information content (AvgIpc) is 3.31. The van der Waals surface area contributed by atoms with Crippen molar-refractivity contribution in [2.45, 2.75) is 24.4 Å². The van der Waals surface area contributed by atoms with E-state index in [1.54, 1.807) is 36.3 Å². The average molecular weight is 394 g/mol. The van der Waals surface area contributed by atoms with Gasteiger partial charge in [-0.05, 0) is 36.1 Å². The second-order valence-corrected chi connectivity index (χ2v) is 7.97. The highest BCUT2D eigenvalue weighted by Gasteiger charge is 2.51. The Bertz CT molecular complexity index is 902. The summed E-state index contributed by atoms with van der Waals surface area (Å²) in [5.74, 6) is -0.0966. The van der Waals surface area contributed by atoms with Crippen LogP contribution < -0.4 is 10.2 Å². The summed E-state index contributed by atoms with van der Waals surface area (Å²) < 4.78 is 5.92. The van der Waals surface area contributed by atoms with Crippen LogP contribution in [-0.4, -0.2) is 61.7 Å². The maximum absolute atomic E-state index is 12.7. The summed E-state index contributed by atoms with van der Waals surface area (Å²) in [6.45, 7) is 1.50. The second kappa shape index (κ2) is 7.83. The molecule has 2 atom stereocenters. The Balaban J connectivity index is 1.43. The number of nitrogens with zero attached hydrogens (tertiary/aromatic N) is 3. The molecule has 7 nitrogen and oxygen atoms in total. The number of nitrogens with one attached hydrogen (secondary N) is 1. The van der Waals surface area contributed by atoms with Crippen LogP contribution in [0.2, 0.25) is 0 Å². The highest BCUT2D eigenvalue weighted by atomic mass is 16.5. The lowest BCUT2D eigenvalue weighted by molar-refractivity contribution is -0.129. The molecule has 2 aliphatic heterocycles. The summed E-state index contributed by atoms with van der Waals surface area (Å²) in [6, 6.07) is 11.7. The minimum atomic E-state index is -0.508. The Morgan fingerprint density at radius 1 is 1.28 bits per heavy atom. The van der Waals surface area contributed by atoms with Gasteiger partial charge in [-0.1, -0.05) is 24.3 Å². The quantitative estimate of drug-likeness (QED) is 0.860. The summed E-state index contributed by atoms with van der Waals surface area (Å²) in [5, 5.41) is 2.98. The Labute approximate surface area is 170 Å². The number of pyridine rings is 1. The number of ether oxygens (including phenoxy) is 1. The SMILES string of the molecule is CN(C)C(=O)N1C[C@@]2(CO[C@H](C(=O)NCCc3cccnc3)C2)c2ccccc21. The van der Waals surface area contributed by atoms with Gasteiger partial charge in [-0.15, -0.1) is 0 Å². The molecule has 3 heterocycles. The fourth-order valence-corrected chi connectivity index (χ4v) is 4.23. The van der Waals surface area contributed by atoms with Gasteiger partial charge in [0.05, 0.1) is 6.61 Å². The fourth-order valence-electron chi connectivity index (χ4n) is 4.23. The van der Waals surface area contributed by atoms with Crippen molar-refractivity contribution in [3.05, 3.63) is 59.9 Å². The second-order valence-electron chi connectivity index (χ2n) is 7.97. The number of anilines is 1. The Hall–Kier alpha value is -2.93. The third-order valence-corrected chi connectivity index (χ3v) is 5.71. The molecule has 3 amide bonds. The van der Waals surface area contributed by atoms with Gasteiger partial charge < -0.3 is 15.0 Å². The Morgan fingerprint density at radius 2 is 2.10 bits per heavy atom. The van der Waals surface area contributed by atoms with E-state index in [-0.39, 0.29) is 17.4 Å². The maximum Gasteiger partial charge on any atom is 0.323 e. The number of para-hydroxylation sites is 1. The number of aromatic nitrogens is 1. The van der Waals surface area contributed by atoms with Gasteiger partial charge in [0.2, 0.25) is 5.91 Å². The van der Waals surface area contributed by atoms with Gasteiger partial charge in [-0.2, -0.15) is 0 Å². The van der Waals surface area contributed by atoms with Crippen molar-refractivity contribution >= 4 is 17.6 Å². The molecule has 2 aliphatic rings. The standard InChI is InChI=1S/C22H26N4O3/c1-25(2)21(28)26-14-22(17-7-3-4-8-18(17)26)12-19(29-15-22)20(27)24-11-9-16-6-5-10-23-13-16/h3-8,10,13,19H,9,11-12,14-15H2,1-2H3,(H,24,27)/t19-,22-/m0/s1. The van der Waals surface area contributed by atoms with E-state index in [0.717, 1.165) is 23.2 Å². The van der Waals surface area contributed by atoms with Crippen molar-refractivity contribution in [3.8, 4) is 0 Å². The van der Waals surface area contributed by atoms with Crippen molar-refractivity contribution in [1.82, 2.24) is 15.2 Å². The lowest BCUT2D eigenvalue weighted by Crippen LogP contribution is -2.43. The van der Waals surface area contributed by atoms with Gasteiger partial charge in [-0.25, -0.2) is 4.79 Å². The number of benzene rings is 1. The third-order valence-electron chi connectivity index (χ3n) is 5.71. The molecular weight excluding hydrogens is 368 g/mol. The van der Waals surface area contributed by atoms with Gasteiger partial charge >= 0.3 is 6.03 Å². The van der Waals surface area contributed by atoms with Crippen LogP contribution in [0.15, 0.2) is 48.8 Å². The molecule has 0 unspecified atom stereocenters.